The van der Waals surface area contributed by atoms with Crippen LogP contribution in [0, 0.1) is 0 Å². The molecule has 152 valence electrons. The molecule has 7 nitrogen and oxygen atoms in total. The molecule has 0 bridgehead atoms. The monoisotopic (exact) mass is 474 g/mol. The highest BCUT2D eigenvalue weighted by Gasteiger charge is 2.00. The lowest BCUT2D eigenvalue weighted by atomic mass is 10.4. The zero-order valence-corrected chi connectivity index (χ0v) is 18.8. The summed E-state index contributed by atoms with van der Waals surface area (Å²) in [5.74, 6) is 0.808. The molecule has 0 heterocycles. The molecule has 0 saturated carbocycles. The fourth-order valence-electron chi connectivity index (χ4n) is 1.99. The van der Waals surface area contributed by atoms with Gasteiger partial charge in [-0.1, -0.05) is 13.3 Å². The number of nitrogens with one attached hydrogen (secondary N) is 2. The van der Waals surface area contributed by atoms with Gasteiger partial charge >= 0.3 is 0 Å². The van der Waals surface area contributed by atoms with E-state index >= 15 is 0 Å². The van der Waals surface area contributed by atoms with Crippen LogP contribution >= 0.6 is 24.0 Å². The van der Waals surface area contributed by atoms with Crippen molar-refractivity contribution in [1.82, 2.24) is 15.5 Å². The van der Waals surface area contributed by atoms with Gasteiger partial charge in [-0.15, -0.1) is 24.0 Å². The van der Waals surface area contributed by atoms with E-state index in [4.69, 9.17) is 14.2 Å². The number of guanidine groups is 1. The molecule has 0 radical (unpaired) electrons. The molecule has 0 aliphatic rings. The molecule has 0 aromatic rings. The zero-order valence-electron chi connectivity index (χ0n) is 16.5. The Morgan fingerprint density at radius 2 is 1.60 bits per heavy atom. The molecule has 0 amide bonds. The first kappa shape index (κ1) is 27.1. The van der Waals surface area contributed by atoms with Gasteiger partial charge in [0.1, 0.15) is 0 Å². The van der Waals surface area contributed by atoms with Gasteiger partial charge in [0.05, 0.1) is 19.8 Å². The van der Waals surface area contributed by atoms with Crippen molar-refractivity contribution >= 4 is 29.9 Å². The van der Waals surface area contributed by atoms with Crippen LogP contribution in [0.3, 0.4) is 0 Å². The topological polar surface area (TPSA) is 67.4 Å². The van der Waals surface area contributed by atoms with Gasteiger partial charge in [0.2, 0.25) is 0 Å². The number of halogens is 1. The number of rotatable bonds is 16. The summed E-state index contributed by atoms with van der Waals surface area (Å²) in [5, 5.41) is 6.54. The van der Waals surface area contributed by atoms with Crippen molar-refractivity contribution in [3.63, 3.8) is 0 Å². The average Bonchev–Trinajstić information content (AvgIpc) is 2.59. The number of hydrogen-bond acceptors (Lipinski definition) is 5. The highest BCUT2D eigenvalue weighted by molar-refractivity contribution is 14.0. The number of methoxy groups -OCH3 is 1. The SMILES string of the molecule is CCCCOCCOCCNC(=NC)NCCN(C)CCCOC.I. The molecule has 8 heteroatoms. The van der Waals surface area contributed by atoms with Crippen molar-refractivity contribution in [2.24, 2.45) is 4.99 Å². The van der Waals surface area contributed by atoms with E-state index in [0.29, 0.717) is 19.8 Å². The van der Waals surface area contributed by atoms with E-state index < -0.39 is 0 Å². The quantitative estimate of drug-likeness (QED) is 0.153. The van der Waals surface area contributed by atoms with Crippen molar-refractivity contribution in [3.05, 3.63) is 0 Å². The number of likely N-dealkylation sites (N-methyl/N-ethyl adjacent to an activating group) is 1. The van der Waals surface area contributed by atoms with Crippen molar-refractivity contribution in [2.45, 2.75) is 26.2 Å². The lowest BCUT2D eigenvalue weighted by molar-refractivity contribution is 0.0487. The summed E-state index contributed by atoms with van der Waals surface area (Å²) in [4.78, 5) is 6.48. The minimum atomic E-state index is 0. The Morgan fingerprint density at radius 3 is 2.24 bits per heavy atom. The number of ether oxygens (including phenoxy) is 3. The first-order valence-corrected chi connectivity index (χ1v) is 9.02. The number of unbranched alkanes of at least 4 members (excludes halogenated alkanes) is 1. The highest BCUT2D eigenvalue weighted by Crippen LogP contribution is 1.88. The second-order valence-electron chi connectivity index (χ2n) is 5.65. The molecular weight excluding hydrogens is 435 g/mol. The van der Waals surface area contributed by atoms with Crippen LogP contribution < -0.4 is 10.6 Å². The Kier molecular flexibility index (Phi) is 23.7. The van der Waals surface area contributed by atoms with E-state index in [1.807, 2.05) is 0 Å². The number of hydrogen-bond donors (Lipinski definition) is 2. The van der Waals surface area contributed by atoms with Crippen LogP contribution in [-0.2, 0) is 14.2 Å². The van der Waals surface area contributed by atoms with Gasteiger partial charge in [-0.05, 0) is 19.9 Å². The van der Waals surface area contributed by atoms with Gasteiger partial charge in [0, 0.05) is 53.6 Å². The molecule has 0 aliphatic heterocycles. The summed E-state index contributed by atoms with van der Waals surface area (Å²) in [7, 11) is 5.63. The maximum atomic E-state index is 5.52. The smallest absolute Gasteiger partial charge is 0.191 e. The zero-order chi connectivity index (χ0) is 17.9. The Balaban J connectivity index is 0. The maximum absolute atomic E-state index is 5.52. The Morgan fingerprint density at radius 1 is 0.920 bits per heavy atom. The maximum Gasteiger partial charge on any atom is 0.191 e. The fourth-order valence-corrected chi connectivity index (χ4v) is 1.99. The van der Waals surface area contributed by atoms with E-state index in [9.17, 15) is 0 Å². The van der Waals surface area contributed by atoms with Crippen LogP contribution in [0.15, 0.2) is 4.99 Å². The molecule has 0 aromatic carbocycles. The van der Waals surface area contributed by atoms with Crippen molar-refractivity contribution in [3.8, 4) is 0 Å². The molecule has 0 rings (SSSR count). The van der Waals surface area contributed by atoms with Gasteiger partial charge in [-0.3, -0.25) is 4.99 Å². The third-order valence-corrected chi connectivity index (χ3v) is 3.45. The lowest BCUT2D eigenvalue weighted by Gasteiger charge is -2.18. The average molecular weight is 474 g/mol. The van der Waals surface area contributed by atoms with Crippen LogP contribution in [0.5, 0.6) is 0 Å². The summed E-state index contributed by atoms with van der Waals surface area (Å²) in [5.41, 5.74) is 0. The van der Waals surface area contributed by atoms with Crippen molar-refractivity contribution in [2.75, 3.05) is 80.4 Å². The molecule has 0 aromatic heterocycles. The third-order valence-electron chi connectivity index (χ3n) is 3.45. The van der Waals surface area contributed by atoms with Crippen molar-refractivity contribution in [1.29, 1.82) is 0 Å². The molecule has 2 N–H and O–H groups in total. The van der Waals surface area contributed by atoms with Gasteiger partial charge in [0.25, 0.3) is 0 Å². The van der Waals surface area contributed by atoms with E-state index in [-0.39, 0.29) is 24.0 Å². The van der Waals surface area contributed by atoms with Crippen LogP contribution in [-0.4, -0.2) is 91.3 Å². The summed E-state index contributed by atoms with van der Waals surface area (Å²) >= 11 is 0. The van der Waals surface area contributed by atoms with E-state index in [1.165, 1.54) is 6.42 Å². The minimum Gasteiger partial charge on any atom is -0.385 e. The van der Waals surface area contributed by atoms with Gasteiger partial charge < -0.3 is 29.7 Å². The van der Waals surface area contributed by atoms with E-state index in [2.05, 4.69) is 34.5 Å². The predicted molar refractivity (Wildman–Crippen MR) is 115 cm³/mol. The number of aliphatic imine (C=N–C) groups is 1. The van der Waals surface area contributed by atoms with Gasteiger partial charge in [0.15, 0.2) is 5.96 Å². The minimum absolute atomic E-state index is 0. The first-order valence-electron chi connectivity index (χ1n) is 9.02. The molecule has 0 saturated heterocycles. The normalized spacial score (nSPS) is 11.5. The second-order valence-corrected chi connectivity index (χ2v) is 5.65. The summed E-state index contributed by atoms with van der Waals surface area (Å²) in [6.07, 6.45) is 3.34. The second kappa shape index (κ2) is 21.9. The standard InChI is InChI=1S/C17H38N4O3.HI/c1-5-6-13-23-15-16-24-14-9-20-17(18-2)19-8-11-21(3)10-7-12-22-4;/h5-16H2,1-4H3,(H2,18,19,20);1H. The Bertz CT molecular complexity index is 297. The molecule has 0 spiro atoms. The Labute approximate surface area is 171 Å². The number of nitrogens with zero attached hydrogens (tertiary/aromatic N) is 2. The van der Waals surface area contributed by atoms with Crippen LogP contribution in [0.4, 0.5) is 0 Å². The summed E-state index contributed by atoms with van der Waals surface area (Å²) in [6.45, 7) is 9.35. The third kappa shape index (κ3) is 20.0. The molecule has 0 atom stereocenters. The van der Waals surface area contributed by atoms with E-state index in [0.717, 1.165) is 58.2 Å². The van der Waals surface area contributed by atoms with Crippen LogP contribution in [0.2, 0.25) is 0 Å². The van der Waals surface area contributed by atoms with Gasteiger partial charge in [-0.2, -0.15) is 0 Å². The molecule has 0 fully saturated rings. The molecule has 0 aliphatic carbocycles. The molecule has 0 unspecified atom stereocenters. The van der Waals surface area contributed by atoms with E-state index in [1.54, 1.807) is 14.2 Å². The largest absolute Gasteiger partial charge is 0.385 e. The molecular formula is C17H39IN4O3. The summed E-state index contributed by atoms with van der Waals surface area (Å²) < 4.78 is 16.0. The van der Waals surface area contributed by atoms with Crippen LogP contribution in [0.1, 0.15) is 26.2 Å². The fraction of sp³-hybridized carbons (Fsp3) is 0.941. The lowest BCUT2D eigenvalue weighted by Crippen LogP contribution is -2.42. The molecule has 25 heavy (non-hydrogen) atoms. The van der Waals surface area contributed by atoms with Gasteiger partial charge in [-0.25, -0.2) is 0 Å². The summed E-state index contributed by atoms with van der Waals surface area (Å²) in [6, 6.07) is 0. The predicted octanol–water partition coefficient (Wildman–Crippen LogP) is 1.57. The van der Waals surface area contributed by atoms with Crippen molar-refractivity contribution < 1.29 is 14.2 Å². The van der Waals surface area contributed by atoms with Crippen LogP contribution in [0.25, 0.3) is 0 Å². The Hall–Kier alpha value is -0.160. The highest BCUT2D eigenvalue weighted by atomic mass is 127. The first-order chi connectivity index (χ1) is 11.7.